The number of hydrogen-bond acceptors (Lipinski definition) is 10. The molecule has 3 atom stereocenters. The van der Waals surface area contributed by atoms with Gasteiger partial charge in [-0.25, -0.2) is 4.79 Å². The molecule has 2 N–H and O–H groups in total. The van der Waals surface area contributed by atoms with Gasteiger partial charge in [0.2, 0.25) is 0 Å². The summed E-state index contributed by atoms with van der Waals surface area (Å²) in [5.74, 6) is -0.716. The lowest BCUT2D eigenvalue weighted by atomic mass is 10.1. The number of carbonyl (C=O) groups is 4. The van der Waals surface area contributed by atoms with Gasteiger partial charge in [0, 0.05) is 12.8 Å². The molecule has 1 aromatic carbocycles. The summed E-state index contributed by atoms with van der Waals surface area (Å²) in [5.41, 5.74) is 6.68. The van der Waals surface area contributed by atoms with Crippen molar-refractivity contribution in [1.29, 1.82) is 0 Å². The predicted octanol–water partition coefficient (Wildman–Crippen LogP) is 5.51. The molecule has 0 saturated carbocycles. The van der Waals surface area contributed by atoms with Crippen LogP contribution in [0.15, 0.2) is 18.2 Å². The summed E-state index contributed by atoms with van der Waals surface area (Å²) in [6, 6.07) is 3.65. The van der Waals surface area contributed by atoms with E-state index in [1.165, 1.54) is 12.1 Å². The average Bonchev–Trinajstić information content (AvgIpc) is 2.87. The second kappa shape index (κ2) is 18.3. The molecular formula is C30H47NO9. The van der Waals surface area contributed by atoms with E-state index in [0.717, 1.165) is 12.8 Å². The largest absolute Gasteiger partial charge is 0.508 e. The SMILES string of the molecule is CCCCOC(=O)OC(C)[C@H](C)OC(=O)[C@@H](N)Cc1ccc(OC(=O)CCC(C)C)c(OC(=O)CCC(C)C)c1. The molecule has 0 bridgehead atoms. The first-order chi connectivity index (χ1) is 18.8. The van der Waals surface area contributed by atoms with Crippen molar-refractivity contribution in [3.63, 3.8) is 0 Å². The highest BCUT2D eigenvalue weighted by Gasteiger charge is 2.25. The molecule has 10 nitrogen and oxygen atoms in total. The Morgan fingerprint density at radius 1 is 0.800 bits per heavy atom. The molecule has 0 aromatic heterocycles. The van der Waals surface area contributed by atoms with Crippen molar-refractivity contribution < 1.29 is 42.9 Å². The fourth-order valence-electron chi connectivity index (χ4n) is 3.29. The number of benzene rings is 1. The van der Waals surface area contributed by atoms with Crippen molar-refractivity contribution >= 4 is 24.1 Å². The van der Waals surface area contributed by atoms with Crippen molar-refractivity contribution in [2.24, 2.45) is 17.6 Å². The second-order valence-electron chi connectivity index (χ2n) is 10.8. The van der Waals surface area contributed by atoms with Crippen LogP contribution < -0.4 is 15.2 Å². The number of unbranched alkanes of at least 4 members (excludes halogenated alkanes) is 1. The zero-order valence-corrected chi connectivity index (χ0v) is 25.0. The van der Waals surface area contributed by atoms with Crippen LogP contribution in [-0.2, 0) is 35.0 Å². The fraction of sp³-hybridized carbons (Fsp3) is 0.667. The Hall–Kier alpha value is -3.14. The van der Waals surface area contributed by atoms with Gasteiger partial charge in [0.05, 0.1) is 6.61 Å². The Bertz CT molecular complexity index is 960. The van der Waals surface area contributed by atoms with Crippen LogP contribution in [0.4, 0.5) is 4.79 Å². The first-order valence-corrected chi connectivity index (χ1v) is 14.2. The second-order valence-corrected chi connectivity index (χ2v) is 10.8. The maximum atomic E-state index is 12.6. The first-order valence-electron chi connectivity index (χ1n) is 14.2. The van der Waals surface area contributed by atoms with Gasteiger partial charge in [-0.15, -0.1) is 0 Å². The quantitative estimate of drug-likeness (QED) is 0.146. The summed E-state index contributed by atoms with van der Waals surface area (Å²) in [6.07, 6.45) is 1.09. The Balaban J connectivity index is 2.87. The number of rotatable bonds is 17. The highest BCUT2D eigenvalue weighted by atomic mass is 16.7. The van der Waals surface area contributed by atoms with Gasteiger partial charge in [-0.3, -0.25) is 14.4 Å². The summed E-state index contributed by atoms with van der Waals surface area (Å²) in [6.45, 7) is 13.4. The Morgan fingerprint density at radius 2 is 1.35 bits per heavy atom. The third kappa shape index (κ3) is 14.3. The summed E-state index contributed by atoms with van der Waals surface area (Å²) >= 11 is 0. The lowest BCUT2D eigenvalue weighted by molar-refractivity contribution is -0.155. The van der Waals surface area contributed by atoms with Crippen LogP contribution in [0, 0.1) is 11.8 Å². The van der Waals surface area contributed by atoms with Crippen molar-refractivity contribution in [2.45, 2.75) is 112 Å². The summed E-state index contributed by atoms with van der Waals surface area (Å²) in [4.78, 5) is 49.2. The van der Waals surface area contributed by atoms with E-state index in [1.54, 1.807) is 19.9 Å². The number of esters is 3. The molecule has 0 fully saturated rings. The molecule has 226 valence electrons. The van der Waals surface area contributed by atoms with Crippen LogP contribution in [0.5, 0.6) is 11.5 Å². The monoisotopic (exact) mass is 565 g/mol. The van der Waals surface area contributed by atoms with Crippen LogP contribution >= 0.6 is 0 Å². The van der Waals surface area contributed by atoms with Gasteiger partial charge in [0.15, 0.2) is 11.5 Å². The van der Waals surface area contributed by atoms with Gasteiger partial charge in [-0.2, -0.15) is 0 Å². The van der Waals surface area contributed by atoms with E-state index in [9.17, 15) is 19.2 Å². The van der Waals surface area contributed by atoms with Crippen LogP contribution in [0.25, 0.3) is 0 Å². The zero-order valence-electron chi connectivity index (χ0n) is 25.0. The minimum atomic E-state index is -1.05. The maximum Gasteiger partial charge on any atom is 0.508 e. The Kier molecular flexibility index (Phi) is 15.9. The van der Waals surface area contributed by atoms with Crippen molar-refractivity contribution in [2.75, 3.05) is 6.61 Å². The number of ether oxygens (including phenoxy) is 5. The Labute approximate surface area is 238 Å². The predicted molar refractivity (Wildman–Crippen MR) is 150 cm³/mol. The molecule has 0 spiro atoms. The molecule has 0 heterocycles. The number of hydrogen-bond donors (Lipinski definition) is 1. The molecule has 0 aliphatic rings. The lowest BCUT2D eigenvalue weighted by Crippen LogP contribution is -2.39. The molecule has 1 rings (SSSR count). The van der Waals surface area contributed by atoms with Gasteiger partial charge >= 0.3 is 24.1 Å². The van der Waals surface area contributed by atoms with Crippen LogP contribution in [0.1, 0.15) is 92.6 Å². The first kappa shape index (κ1) is 34.9. The van der Waals surface area contributed by atoms with E-state index in [2.05, 4.69) is 0 Å². The standard InChI is InChI=1S/C30H47NO9/c1-8-9-16-36-30(35)38-22(7)21(6)37-29(34)24(31)17-23-12-13-25(39-27(32)14-10-19(2)3)26(18-23)40-28(33)15-11-20(4)5/h12-13,18-22,24H,8-11,14-17,31H2,1-7H3/t21-,22?,24-/m0/s1. The molecule has 1 aromatic rings. The fourth-order valence-corrected chi connectivity index (χ4v) is 3.29. The molecule has 0 aliphatic carbocycles. The van der Waals surface area contributed by atoms with Crippen molar-refractivity contribution in [1.82, 2.24) is 0 Å². The molecule has 0 aliphatic heterocycles. The topological polar surface area (TPSA) is 140 Å². The van der Waals surface area contributed by atoms with Crippen molar-refractivity contribution in [3.8, 4) is 11.5 Å². The van der Waals surface area contributed by atoms with Gasteiger partial charge in [0.1, 0.15) is 18.2 Å². The Morgan fingerprint density at radius 3 is 1.90 bits per heavy atom. The molecule has 0 amide bonds. The number of nitrogens with two attached hydrogens (primary N) is 1. The molecular weight excluding hydrogens is 518 g/mol. The van der Waals surface area contributed by atoms with E-state index >= 15 is 0 Å². The smallest absolute Gasteiger partial charge is 0.458 e. The van der Waals surface area contributed by atoms with E-state index in [-0.39, 0.29) is 37.4 Å². The normalized spacial score (nSPS) is 13.3. The van der Waals surface area contributed by atoms with E-state index in [4.69, 9.17) is 29.4 Å². The minimum absolute atomic E-state index is 0.0674. The van der Waals surface area contributed by atoms with Gasteiger partial charge in [-0.1, -0.05) is 47.1 Å². The van der Waals surface area contributed by atoms with Crippen LogP contribution in [0.2, 0.25) is 0 Å². The van der Waals surface area contributed by atoms with Crippen LogP contribution in [0.3, 0.4) is 0 Å². The molecule has 0 saturated heterocycles. The van der Waals surface area contributed by atoms with Crippen molar-refractivity contribution in [3.05, 3.63) is 23.8 Å². The molecule has 1 unspecified atom stereocenters. The third-order valence-corrected chi connectivity index (χ3v) is 6.03. The van der Waals surface area contributed by atoms with Gasteiger partial charge < -0.3 is 29.4 Å². The third-order valence-electron chi connectivity index (χ3n) is 6.03. The summed E-state index contributed by atoms with van der Waals surface area (Å²) < 4.78 is 26.5. The maximum absolute atomic E-state index is 12.6. The zero-order chi connectivity index (χ0) is 30.2. The van der Waals surface area contributed by atoms with E-state index in [1.807, 2.05) is 34.6 Å². The van der Waals surface area contributed by atoms with Crippen LogP contribution in [-0.4, -0.2) is 48.9 Å². The molecule has 0 radical (unpaired) electrons. The summed E-state index contributed by atoms with van der Waals surface area (Å²) in [7, 11) is 0. The lowest BCUT2D eigenvalue weighted by Gasteiger charge is -2.22. The average molecular weight is 566 g/mol. The molecule has 40 heavy (non-hydrogen) atoms. The van der Waals surface area contributed by atoms with Gasteiger partial charge in [-0.05, 0) is 69.1 Å². The highest BCUT2D eigenvalue weighted by molar-refractivity contribution is 5.77. The van der Waals surface area contributed by atoms with E-state index < -0.39 is 42.3 Å². The van der Waals surface area contributed by atoms with E-state index in [0.29, 0.717) is 30.2 Å². The minimum Gasteiger partial charge on any atom is -0.458 e. The highest BCUT2D eigenvalue weighted by Crippen LogP contribution is 2.30. The van der Waals surface area contributed by atoms with Gasteiger partial charge in [0.25, 0.3) is 0 Å². The summed E-state index contributed by atoms with van der Waals surface area (Å²) in [5, 5.41) is 0. The number of carbonyl (C=O) groups excluding carboxylic acids is 4. The molecule has 10 heteroatoms.